The average Bonchev–Trinajstić information content (AvgIpc) is 2.52. The molecule has 4 atom stereocenters. The number of nitrogens with zero attached hydrogens (tertiary/aromatic N) is 1. The fourth-order valence-corrected chi connectivity index (χ4v) is 2.83. The van der Waals surface area contributed by atoms with Crippen LogP contribution in [0.1, 0.15) is 12.8 Å². The molecule has 1 saturated carbocycles. The molecule has 12 heavy (non-hydrogen) atoms. The largest absolute Gasteiger partial charge is 0.239 e. The van der Waals surface area contributed by atoms with Gasteiger partial charge in [-0.15, -0.1) is 0 Å². The topological polar surface area (TPSA) is 59.9 Å². The molecule has 0 radical (unpaired) electrons. The average molecular weight is 231 g/mol. The van der Waals surface area contributed by atoms with E-state index in [1.54, 1.807) is 0 Å². The molecule has 66 valence electrons. The first-order valence-electron chi connectivity index (χ1n) is 4.11. The van der Waals surface area contributed by atoms with Gasteiger partial charge in [-0.05, 0) is 12.8 Å². The number of alkyl halides is 1. The van der Waals surface area contributed by atoms with Crippen LogP contribution in [0.15, 0.2) is 0 Å². The van der Waals surface area contributed by atoms with Gasteiger partial charge < -0.3 is 0 Å². The van der Waals surface area contributed by atoms with E-state index in [9.17, 15) is 0 Å². The van der Waals surface area contributed by atoms with Gasteiger partial charge in [0.25, 0.3) is 0 Å². The molecular weight excluding hydrogens is 220 g/mol. The highest BCUT2D eigenvalue weighted by molar-refractivity contribution is 9.09. The lowest BCUT2D eigenvalue weighted by Crippen LogP contribution is -2.46. The molecule has 3 N–H and O–H groups in total. The second kappa shape index (κ2) is 3.30. The Morgan fingerprint density at radius 3 is 2.92 bits per heavy atom. The van der Waals surface area contributed by atoms with Gasteiger partial charge in [0.05, 0.1) is 12.1 Å². The van der Waals surface area contributed by atoms with Gasteiger partial charge in [0.2, 0.25) is 0 Å². The normalized spacial score (nSPS) is 46.7. The molecule has 2 rings (SSSR count). The van der Waals surface area contributed by atoms with E-state index in [-0.39, 0.29) is 5.92 Å². The Morgan fingerprint density at radius 2 is 2.17 bits per heavy atom. The molecule has 0 aromatic carbocycles. The van der Waals surface area contributed by atoms with Gasteiger partial charge in [0.15, 0.2) is 0 Å². The fraction of sp³-hybridized carbons (Fsp3) is 0.857. The summed E-state index contributed by atoms with van der Waals surface area (Å²) in [7, 11) is 0. The maximum Gasteiger partial charge on any atom is 0.0656 e. The third kappa shape index (κ3) is 1.36. The molecular formula is C7H11BrN4. The third-order valence-electron chi connectivity index (χ3n) is 2.55. The molecule has 2 aliphatic rings. The highest BCUT2D eigenvalue weighted by atomic mass is 79.9. The molecule has 1 saturated heterocycles. The first kappa shape index (κ1) is 8.45. The molecule has 0 spiro atoms. The molecule has 5 heteroatoms. The van der Waals surface area contributed by atoms with Gasteiger partial charge in [0.1, 0.15) is 0 Å². The van der Waals surface area contributed by atoms with Crippen molar-refractivity contribution < 1.29 is 0 Å². The molecule has 1 aliphatic carbocycles. The van der Waals surface area contributed by atoms with Crippen LogP contribution in [-0.2, 0) is 0 Å². The minimum absolute atomic E-state index is 0.185. The Morgan fingerprint density at radius 1 is 1.33 bits per heavy atom. The van der Waals surface area contributed by atoms with Crippen molar-refractivity contribution >= 4 is 15.9 Å². The predicted octanol–water partition coefficient (Wildman–Crippen LogP) is 0.0331. The lowest BCUT2D eigenvalue weighted by atomic mass is 9.84. The van der Waals surface area contributed by atoms with Crippen LogP contribution < -0.4 is 16.4 Å². The Labute approximate surface area is 79.8 Å². The number of hydrogen-bond acceptors (Lipinski definition) is 4. The van der Waals surface area contributed by atoms with E-state index in [0.29, 0.717) is 16.9 Å². The fourth-order valence-electron chi connectivity index (χ4n) is 1.88. The van der Waals surface area contributed by atoms with Crippen molar-refractivity contribution in [3.63, 3.8) is 0 Å². The van der Waals surface area contributed by atoms with Crippen molar-refractivity contribution in [2.24, 2.45) is 5.92 Å². The summed E-state index contributed by atoms with van der Waals surface area (Å²) in [6.45, 7) is 0. The molecule has 0 aromatic rings. The number of nitrogens with one attached hydrogen (secondary N) is 3. The van der Waals surface area contributed by atoms with Crippen molar-refractivity contribution in [3.8, 4) is 6.07 Å². The number of hydrogen-bond donors (Lipinski definition) is 3. The number of halogens is 1. The van der Waals surface area contributed by atoms with E-state index in [1.807, 2.05) is 0 Å². The van der Waals surface area contributed by atoms with Crippen molar-refractivity contribution in [2.45, 2.75) is 29.8 Å². The second-order valence-electron chi connectivity index (χ2n) is 3.36. The molecule has 2 fully saturated rings. The number of hydrazine groups is 2. The van der Waals surface area contributed by atoms with Crippen LogP contribution in [-0.4, -0.2) is 16.9 Å². The summed E-state index contributed by atoms with van der Waals surface area (Å²) >= 11 is 3.58. The van der Waals surface area contributed by atoms with Crippen molar-refractivity contribution in [3.05, 3.63) is 0 Å². The van der Waals surface area contributed by atoms with Gasteiger partial charge in [-0.3, -0.25) is 0 Å². The number of fused-ring (bicyclic) bond motifs is 1. The first-order chi connectivity index (χ1) is 5.81. The van der Waals surface area contributed by atoms with Crippen LogP contribution in [0.25, 0.3) is 0 Å². The van der Waals surface area contributed by atoms with Gasteiger partial charge in [-0.2, -0.15) is 10.8 Å². The van der Waals surface area contributed by atoms with Crippen molar-refractivity contribution in [2.75, 3.05) is 0 Å². The molecule has 1 aliphatic heterocycles. The summed E-state index contributed by atoms with van der Waals surface area (Å²) in [4.78, 5) is 0.392. The van der Waals surface area contributed by atoms with Crippen LogP contribution >= 0.6 is 15.9 Å². The summed E-state index contributed by atoms with van der Waals surface area (Å²) in [6, 6.07) is 3.12. The number of rotatable bonds is 0. The highest BCUT2D eigenvalue weighted by Crippen LogP contribution is 2.30. The summed E-state index contributed by atoms with van der Waals surface area (Å²) in [5.41, 5.74) is 9.15. The summed E-state index contributed by atoms with van der Waals surface area (Å²) < 4.78 is 0. The highest BCUT2D eigenvalue weighted by Gasteiger charge is 2.39. The maximum absolute atomic E-state index is 8.79. The second-order valence-corrected chi connectivity index (χ2v) is 4.54. The van der Waals surface area contributed by atoms with Gasteiger partial charge in [-0.25, -0.2) is 10.9 Å². The summed E-state index contributed by atoms with van der Waals surface area (Å²) in [5.74, 6) is 0.185. The van der Waals surface area contributed by atoms with Gasteiger partial charge in [-0.1, -0.05) is 15.9 Å². The smallest absolute Gasteiger partial charge is 0.0656 e. The standard InChI is InChI=1S/C7H11BrN4/c8-5-1-4(3-9)2-6-7(5)11-12-10-6/h4-7,10-12H,1-2H2. The van der Waals surface area contributed by atoms with E-state index < -0.39 is 0 Å². The van der Waals surface area contributed by atoms with Gasteiger partial charge in [0, 0.05) is 16.8 Å². The van der Waals surface area contributed by atoms with Crippen LogP contribution in [0.3, 0.4) is 0 Å². The summed E-state index contributed by atoms with van der Waals surface area (Å²) in [6.07, 6.45) is 1.87. The quantitative estimate of drug-likeness (QED) is 0.515. The van der Waals surface area contributed by atoms with E-state index in [2.05, 4.69) is 38.4 Å². The van der Waals surface area contributed by atoms with Crippen LogP contribution in [0.2, 0.25) is 0 Å². The van der Waals surface area contributed by atoms with Crippen molar-refractivity contribution in [1.29, 1.82) is 5.26 Å². The minimum Gasteiger partial charge on any atom is -0.239 e. The molecule has 4 unspecified atom stereocenters. The lowest BCUT2D eigenvalue weighted by molar-refractivity contribution is 0.339. The Balaban J connectivity index is 2.06. The minimum atomic E-state index is 0.185. The molecule has 1 heterocycles. The van der Waals surface area contributed by atoms with Gasteiger partial charge >= 0.3 is 0 Å². The molecule has 0 aromatic heterocycles. The summed E-state index contributed by atoms with van der Waals surface area (Å²) in [5, 5.41) is 8.79. The maximum atomic E-state index is 8.79. The zero-order chi connectivity index (χ0) is 8.55. The third-order valence-corrected chi connectivity index (χ3v) is 3.49. The Kier molecular flexibility index (Phi) is 2.33. The lowest BCUT2D eigenvalue weighted by Gasteiger charge is -2.31. The monoisotopic (exact) mass is 230 g/mol. The van der Waals surface area contributed by atoms with E-state index in [0.717, 1.165) is 12.8 Å². The molecule has 0 bridgehead atoms. The zero-order valence-electron chi connectivity index (χ0n) is 6.55. The zero-order valence-corrected chi connectivity index (χ0v) is 8.13. The van der Waals surface area contributed by atoms with Crippen LogP contribution in [0.4, 0.5) is 0 Å². The first-order valence-corrected chi connectivity index (χ1v) is 5.02. The predicted molar refractivity (Wildman–Crippen MR) is 48.0 cm³/mol. The van der Waals surface area contributed by atoms with E-state index in [4.69, 9.17) is 5.26 Å². The SMILES string of the molecule is N#CC1CC(Br)C2NNNC2C1. The molecule has 0 amide bonds. The van der Waals surface area contributed by atoms with Crippen LogP contribution in [0.5, 0.6) is 0 Å². The van der Waals surface area contributed by atoms with E-state index >= 15 is 0 Å². The van der Waals surface area contributed by atoms with E-state index in [1.165, 1.54) is 0 Å². The Hall–Kier alpha value is -0.150. The number of nitriles is 1. The Bertz CT molecular complexity index is 214. The van der Waals surface area contributed by atoms with Crippen LogP contribution in [0, 0.1) is 17.2 Å². The molecule has 4 nitrogen and oxygen atoms in total. The van der Waals surface area contributed by atoms with Crippen molar-refractivity contribution in [1.82, 2.24) is 16.4 Å².